The summed E-state index contributed by atoms with van der Waals surface area (Å²) in [4.78, 5) is 13.9. The predicted octanol–water partition coefficient (Wildman–Crippen LogP) is 1.41. The van der Waals surface area contributed by atoms with E-state index in [0.29, 0.717) is 6.54 Å². The quantitative estimate of drug-likeness (QED) is 0.841. The number of nitrogens with zero attached hydrogens (tertiary/aromatic N) is 1. The number of methoxy groups -OCH3 is 1. The van der Waals surface area contributed by atoms with Crippen molar-refractivity contribution in [1.29, 1.82) is 0 Å². The minimum Gasteiger partial charge on any atom is -0.497 e. The van der Waals surface area contributed by atoms with Crippen LogP contribution in [-0.2, 0) is 4.79 Å². The zero-order chi connectivity index (χ0) is 12.5. The number of hydrogen-bond donors (Lipinski definition) is 1. The Morgan fingerprint density at radius 2 is 2.18 bits per heavy atom. The monoisotopic (exact) mass is 234 g/mol. The van der Waals surface area contributed by atoms with Gasteiger partial charge in [0, 0.05) is 18.3 Å². The Labute approximate surface area is 102 Å². The van der Waals surface area contributed by atoms with Crippen molar-refractivity contribution < 1.29 is 9.53 Å². The number of anilines is 1. The Hall–Kier alpha value is -1.55. The van der Waals surface area contributed by atoms with Gasteiger partial charge >= 0.3 is 0 Å². The van der Waals surface area contributed by atoms with Crippen molar-refractivity contribution in [2.45, 2.75) is 19.4 Å². The summed E-state index contributed by atoms with van der Waals surface area (Å²) in [6.45, 7) is 5.28. The maximum Gasteiger partial charge on any atom is 0.241 e. The van der Waals surface area contributed by atoms with Crippen molar-refractivity contribution in [1.82, 2.24) is 5.32 Å². The molecule has 17 heavy (non-hydrogen) atoms. The second kappa shape index (κ2) is 4.37. The SMILES string of the molecule is COc1cccc(N2C(=O)CNCC2(C)C)c1. The van der Waals surface area contributed by atoms with Crippen molar-refractivity contribution in [3.63, 3.8) is 0 Å². The number of ether oxygens (including phenoxy) is 1. The average molecular weight is 234 g/mol. The van der Waals surface area contributed by atoms with Crippen molar-refractivity contribution in [3.8, 4) is 5.75 Å². The third kappa shape index (κ3) is 2.26. The highest BCUT2D eigenvalue weighted by molar-refractivity contribution is 5.97. The summed E-state index contributed by atoms with van der Waals surface area (Å²) in [7, 11) is 1.63. The molecule has 0 aromatic heterocycles. The highest BCUT2D eigenvalue weighted by Gasteiger charge is 2.35. The fourth-order valence-corrected chi connectivity index (χ4v) is 2.21. The van der Waals surface area contributed by atoms with Crippen LogP contribution in [0.2, 0.25) is 0 Å². The number of piperazine rings is 1. The van der Waals surface area contributed by atoms with Crippen LogP contribution in [0.3, 0.4) is 0 Å². The molecular formula is C13H18N2O2. The summed E-state index contributed by atoms with van der Waals surface area (Å²) in [5.41, 5.74) is 0.669. The van der Waals surface area contributed by atoms with Gasteiger partial charge in [0.25, 0.3) is 0 Å². The van der Waals surface area contributed by atoms with Crippen LogP contribution in [0.4, 0.5) is 5.69 Å². The molecule has 1 aromatic rings. The molecule has 0 radical (unpaired) electrons. The van der Waals surface area contributed by atoms with E-state index in [4.69, 9.17) is 4.74 Å². The van der Waals surface area contributed by atoms with E-state index < -0.39 is 0 Å². The van der Waals surface area contributed by atoms with Gasteiger partial charge in [-0.1, -0.05) is 6.07 Å². The largest absolute Gasteiger partial charge is 0.497 e. The molecule has 92 valence electrons. The molecule has 1 aliphatic heterocycles. The lowest BCUT2D eigenvalue weighted by atomic mass is 9.98. The molecule has 1 fully saturated rings. The maximum atomic E-state index is 12.0. The van der Waals surface area contributed by atoms with Gasteiger partial charge < -0.3 is 15.0 Å². The lowest BCUT2D eigenvalue weighted by molar-refractivity contribution is -0.120. The first-order chi connectivity index (χ1) is 8.04. The van der Waals surface area contributed by atoms with E-state index in [1.165, 1.54) is 0 Å². The van der Waals surface area contributed by atoms with Gasteiger partial charge in [-0.15, -0.1) is 0 Å². The Kier molecular flexibility index (Phi) is 3.07. The number of hydrogen-bond acceptors (Lipinski definition) is 3. The molecule has 4 nitrogen and oxygen atoms in total. The number of nitrogens with one attached hydrogen (secondary N) is 1. The maximum absolute atomic E-state index is 12.0. The summed E-state index contributed by atoms with van der Waals surface area (Å²) >= 11 is 0. The smallest absolute Gasteiger partial charge is 0.241 e. The molecule has 1 amide bonds. The standard InChI is InChI=1S/C13H18N2O2/c1-13(2)9-14-8-12(16)15(13)10-5-4-6-11(7-10)17-3/h4-7,14H,8-9H2,1-3H3. The molecule has 1 heterocycles. The normalized spacial score (nSPS) is 19.2. The molecule has 1 aromatic carbocycles. The van der Waals surface area contributed by atoms with E-state index in [2.05, 4.69) is 19.2 Å². The number of benzene rings is 1. The van der Waals surface area contributed by atoms with Crippen LogP contribution < -0.4 is 15.0 Å². The zero-order valence-corrected chi connectivity index (χ0v) is 10.5. The van der Waals surface area contributed by atoms with Gasteiger partial charge in [0.2, 0.25) is 5.91 Å². The summed E-state index contributed by atoms with van der Waals surface area (Å²) in [6, 6.07) is 7.61. The zero-order valence-electron chi connectivity index (χ0n) is 10.5. The van der Waals surface area contributed by atoms with Crippen LogP contribution in [0.5, 0.6) is 5.75 Å². The minimum absolute atomic E-state index is 0.0921. The molecule has 2 rings (SSSR count). The van der Waals surface area contributed by atoms with E-state index >= 15 is 0 Å². The molecule has 0 bridgehead atoms. The van der Waals surface area contributed by atoms with Gasteiger partial charge in [-0.25, -0.2) is 0 Å². The molecule has 1 aliphatic rings. The fraction of sp³-hybridized carbons (Fsp3) is 0.462. The lowest BCUT2D eigenvalue weighted by Crippen LogP contribution is -2.61. The van der Waals surface area contributed by atoms with Crippen LogP contribution in [-0.4, -0.2) is 31.6 Å². The predicted molar refractivity (Wildman–Crippen MR) is 67.4 cm³/mol. The van der Waals surface area contributed by atoms with Crippen molar-refractivity contribution in [2.24, 2.45) is 0 Å². The fourth-order valence-electron chi connectivity index (χ4n) is 2.21. The van der Waals surface area contributed by atoms with E-state index in [1.54, 1.807) is 7.11 Å². The number of amides is 1. The summed E-state index contributed by atoms with van der Waals surface area (Å²) in [5.74, 6) is 0.860. The molecule has 0 aliphatic carbocycles. The van der Waals surface area contributed by atoms with Gasteiger partial charge in [-0.05, 0) is 26.0 Å². The molecular weight excluding hydrogens is 216 g/mol. The Morgan fingerprint density at radius 3 is 2.82 bits per heavy atom. The molecule has 1 saturated heterocycles. The minimum atomic E-state index is -0.221. The van der Waals surface area contributed by atoms with E-state index in [-0.39, 0.29) is 11.4 Å². The van der Waals surface area contributed by atoms with Crippen LogP contribution in [0, 0.1) is 0 Å². The highest BCUT2D eigenvalue weighted by atomic mass is 16.5. The van der Waals surface area contributed by atoms with Crippen LogP contribution >= 0.6 is 0 Å². The van der Waals surface area contributed by atoms with Crippen LogP contribution in [0.15, 0.2) is 24.3 Å². The third-order valence-electron chi connectivity index (χ3n) is 3.00. The second-order valence-electron chi connectivity index (χ2n) is 4.85. The summed E-state index contributed by atoms with van der Waals surface area (Å²) in [6.07, 6.45) is 0. The molecule has 4 heteroatoms. The van der Waals surface area contributed by atoms with Crippen LogP contribution in [0.25, 0.3) is 0 Å². The molecule has 1 N–H and O–H groups in total. The van der Waals surface area contributed by atoms with Crippen molar-refractivity contribution in [2.75, 3.05) is 25.1 Å². The Bertz CT molecular complexity index is 429. The summed E-state index contributed by atoms with van der Waals surface area (Å²) in [5, 5.41) is 3.13. The van der Waals surface area contributed by atoms with E-state index in [9.17, 15) is 4.79 Å². The van der Waals surface area contributed by atoms with Gasteiger partial charge in [-0.2, -0.15) is 0 Å². The number of carbonyl (C=O) groups is 1. The topological polar surface area (TPSA) is 41.6 Å². The van der Waals surface area contributed by atoms with E-state index in [1.807, 2.05) is 29.2 Å². The highest BCUT2D eigenvalue weighted by Crippen LogP contribution is 2.28. The van der Waals surface area contributed by atoms with Crippen molar-refractivity contribution in [3.05, 3.63) is 24.3 Å². The first kappa shape index (κ1) is 11.9. The van der Waals surface area contributed by atoms with Gasteiger partial charge in [0.15, 0.2) is 0 Å². The Balaban J connectivity index is 2.38. The third-order valence-corrected chi connectivity index (χ3v) is 3.00. The lowest BCUT2D eigenvalue weighted by Gasteiger charge is -2.42. The summed E-state index contributed by atoms with van der Waals surface area (Å²) < 4.78 is 5.20. The molecule has 0 saturated carbocycles. The molecule has 0 unspecified atom stereocenters. The van der Waals surface area contributed by atoms with Crippen molar-refractivity contribution >= 4 is 11.6 Å². The number of carbonyl (C=O) groups excluding carboxylic acids is 1. The van der Waals surface area contributed by atoms with Gasteiger partial charge in [-0.3, -0.25) is 4.79 Å². The molecule has 0 spiro atoms. The van der Waals surface area contributed by atoms with Crippen LogP contribution in [0.1, 0.15) is 13.8 Å². The first-order valence-electron chi connectivity index (χ1n) is 5.72. The number of rotatable bonds is 2. The van der Waals surface area contributed by atoms with Gasteiger partial charge in [0.05, 0.1) is 19.2 Å². The van der Waals surface area contributed by atoms with E-state index in [0.717, 1.165) is 18.0 Å². The first-order valence-corrected chi connectivity index (χ1v) is 5.72. The molecule has 0 atom stereocenters. The van der Waals surface area contributed by atoms with Gasteiger partial charge in [0.1, 0.15) is 5.75 Å². The Morgan fingerprint density at radius 1 is 1.41 bits per heavy atom. The average Bonchev–Trinajstić information content (AvgIpc) is 2.28. The second-order valence-corrected chi connectivity index (χ2v) is 4.85.